The van der Waals surface area contributed by atoms with Crippen molar-refractivity contribution in [3.63, 3.8) is 0 Å². The number of allylic oxidation sites excluding steroid dienone is 1. The lowest BCUT2D eigenvalue weighted by atomic mass is 10.2. The van der Waals surface area contributed by atoms with Crippen molar-refractivity contribution < 1.29 is 0 Å². The molecule has 1 aromatic rings. The molecular formula is C10H9S. The SMILES string of the molecule is [C]1=Cc2ccccc2SCC1. The maximum atomic E-state index is 3.26. The van der Waals surface area contributed by atoms with E-state index in [0.29, 0.717) is 0 Å². The predicted molar refractivity (Wildman–Crippen MR) is 49.5 cm³/mol. The fourth-order valence-electron chi connectivity index (χ4n) is 1.13. The van der Waals surface area contributed by atoms with E-state index in [1.807, 2.05) is 11.8 Å². The van der Waals surface area contributed by atoms with Gasteiger partial charge >= 0.3 is 0 Å². The lowest BCUT2D eigenvalue weighted by molar-refractivity contribution is 1.22. The second-order valence-electron chi connectivity index (χ2n) is 2.48. The van der Waals surface area contributed by atoms with Gasteiger partial charge in [0.1, 0.15) is 0 Å². The lowest BCUT2D eigenvalue weighted by Gasteiger charge is -1.99. The van der Waals surface area contributed by atoms with Crippen molar-refractivity contribution in [3.8, 4) is 0 Å². The minimum Gasteiger partial charge on any atom is -0.125 e. The molecule has 1 heterocycles. The summed E-state index contributed by atoms with van der Waals surface area (Å²) in [4.78, 5) is 1.39. The van der Waals surface area contributed by atoms with Crippen LogP contribution >= 0.6 is 11.8 Å². The van der Waals surface area contributed by atoms with Crippen LogP contribution in [-0.4, -0.2) is 5.75 Å². The number of rotatable bonds is 0. The lowest BCUT2D eigenvalue weighted by Crippen LogP contribution is -1.76. The van der Waals surface area contributed by atoms with Crippen LogP contribution in [0.2, 0.25) is 0 Å². The molecule has 11 heavy (non-hydrogen) atoms. The highest BCUT2D eigenvalue weighted by molar-refractivity contribution is 7.99. The van der Waals surface area contributed by atoms with Gasteiger partial charge in [-0.3, -0.25) is 0 Å². The minimum absolute atomic E-state index is 1.07. The Hall–Kier alpha value is -0.690. The molecule has 0 aliphatic carbocycles. The molecule has 0 saturated carbocycles. The minimum atomic E-state index is 1.07. The zero-order chi connectivity index (χ0) is 7.52. The van der Waals surface area contributed by atoms with Gasteiger partial charge in [0.05, 0.1) is 0 Å². The molecule has 0 N–H and O–H groups in total. The van der Waals surface area contributed by atoms with Crippen LogP contribution in [0.3, 0.4) is 0 Å². The summed E-state index contributed by atoms with van der Waals surface area (Å²) < 4.78 is 0. The van der Waals surface area contributed by atoms with Crippen molar-refractivity contribution in [2.24, 2.45) is 0 Å². The van der Waals surface area contributed by atoms with Crippen LogP contribution in [0.5, 0.6) is 0 Å². The third-order valence-electron chi connectivity index (χ3n) is 1.68. The molecule has 0 fully saturated rings. The number of fused-ring (bicyclic) bond motifs is 1. The molecule has 1 radical (unpaired) electrons. The van der Waals surface area contributed by atoms with Gasteiger partial charge in [-0.2, -0.15) is 0 Å². The molecule has 0 aromatic heterocycles. The van der Waals surface area contributed by atoms with Gasteiger partial charge in [-0.15, -0.1) is 11.8 Å². The summed E-state index contributed by atoms with van der Waals surface area (Å²) >= 11 is 1.92. The normalized spacial score (nSPS) is 15.6. The Morgan fingerprint density at radius 1 is 1.27 bits per heavy atom. The molecule has 0 unspecified atom stereocenters. The number of hydrogen-bond donors (Lipinski definition) is 0. The Morgan fingerprint density at radius 3 is 3.18 bits per heavy atom. The first kappa shape index (κ1) is 6.99. The Morgan fingerprint density at radius 2 is 2.18 bits per heavy atom. The van der Waals surface area contributed by atoms with Crippen molar-refractivity contribution in [2.45, 2.75) is 11.3 Å². The van der Waals surface area contributed by atoms with E-state index in [1.165, 1.54) is 10.5 Å². The molecule has 0 saturated heterocycles. The van der Waals surface area contributed by atoms with Crippen LogP contribution in [0.1, 0.15) is 12.0 Å². The van der Waals surface area contributed by atoms with Crippen molar-refractivity contribution in [1.82, 2.24) is 0 Å². The molecule has 1 aromatic carbocycles. The number of thioether (sulfide) groups is 1. The average Bonchev–Trinajstić information content (AvgIpc) is 2.28. The predicted octanol–water partition coefficient (Wildman–Crippen LogP) is 3.00. The second kappa shape index (κ2) is 3.14. The smallest absolute Gasteiger partial charge is 0.0145 e. The van der Waals surface area contributed by atoms with Crippen LogP contribution in [-0.2, 0) is 0 Å². The van der Waals surface area contributed by atoms with Crippen molar-refractivity contribution in [2.75, 3.05) is 5.75 Å². The van der Waals surface area contributed by atoms with E-state index in [9.17, 15) is 0 Å². The molecule has 0 nitrogen and oxygen atoms in total. The molecular weight excluding hydrogens is 152 g/mol. The van der Waals surface area contributed by atoms with Crippen LogP contribution in [0.15, 0.2) is 29.2 Å². The van der Waals surface area contributed by atoms with Gasteiger partial charge in [-0.25, -0.2) is 0 Å². The van der Waals surface area contributed by atoms with Crippen LogP contribution in [0.25, 0.3) is 6.08 Å². The summed E-state index contributed by atoms with van der Waals surface area (Å²) in [5, 5.41) is 0. The molecule has 1 heteroatoms. The Kier molecular flexibility index (Phi) is 1.99. The fraction of sp³-hybridized carbons (Fsp3) is 0.200. The average molecular weight is 161 g/mol. The summed E-state index contributed by atoms with van der Waals surface area (Å²) in [5.74, 6) is 1.16. The first-order valence-corrected chi connectivity index (χ1v) is 4.74. The maximum Gasteiger partial charge on any atom is 0.0145 e. The van der Waals surface area contributed by atoms with Gasteiger partial charge < -0.3 is 0 Å². The monoisotopic (exact) mass is 161 g/mol. The molecule has 0 bridgehead atoms. The van der Waals surface area contributed by atoms with Crippen molar-refractivity contribution in [1.29, 1.82) is 0 Å². The third-order valence-corrected chi connectivity index (χ3v) is 2.77. The van der Waals surface area contributed by atoms with Crippen LogP contribution in [0.4, 0.5) is 0 Å². The highest BCUT2D eigenvalue weighted by Crippen LogP contribution is 2.26. The third kappa shape index (κ3) is 1.48. The molecule has 1 aliphatic rings. The van der Waals surface area contributed by atoms with E-state index >= 15 is 0 Å². The van der Waals surface area contributed by atoms with E-state index in [4.69, 9.17) is 0 Å². The second-order valence-corrected chi connectivity index (χ2v) is 3.62. The highest BCUT2D eigenvalue weighted by atomic mass is 32.2. The summed E-state index contributed by atoms with van der Waals surface area (Å²) in [7, 11) is 0. The number of benzene rings is 1. The molecule has 0 amide bonds. The zero-order valence-electron chi connectivity index (χ0n) is 6.21. The summed E-state index contributed by atoms with van der Waals surface area (Å²) in [6, 6.07) is 8.47. The Balaban J connectivity index is 2.45. The van der Waals surface area contributed by atoms with Gasteiger partial charge in [-0.1, -0.05) is 24.3 Å². The van der Waals surface area contributed by atoms with E-state index in [1.54, 1.807) is 0 Å². The van der Waals surface area contributed by atoms with Crippen molar-refractivity contribution in [3.05, 3.63) is 35.9 Å². The summed E-state index contributed by atoms with van der Waals surface area (Å²) in [6.45, 7) is 0. The Bertz CT molecular complexity index is 276. The molecule has 2 rings (SSSR count). The van der Waals surface area contributed by atoms with E-state index in [-0.39, 0.29) is 0 Å². The van der Waals surface area contributed by atoms with Crippen LogP contribution < -0.4 is 0 Å². The maximum absolute atomic E-state index is 3.26. The summed E-state index contributed by atoms with van der Waals surface area (Å²) in [6.07, 6.45) is 6.42. The molecule has 55 valence electrons. The van der Waals surface area contributed by atoms with E-state index in [0.717, 1.165) is 12.2 Å². The van der Waals surface area contributed by atoms with E-state index < -0.39 is 0 Å². The van der Waals surface area contributed by atoms with Gasteiger partial charge in [0.25, 0.3) is 0 Å². The first-order chi connectivity index (χ1) is 5.47. The molecule has 0 spiro atoms. The van der Waals surface area contributed by atoms with E-state index in [2.05, 4.69) is 36.4 Å². The van der Waals surface area contributed by atoms with Gasteiger partial charge in [0, 0.05) is 10.6 Å². The first-order valence-electron chi connectivity index (χ1n) is 3.75. The van der Waals surface area contributed by atoms with Gasteiger partial charge in [0.15, 0.2) is 0 Å². The topological polar surface area (TPSA) is 0 Å². The van der Waals surface area contributed by atoms with Crippen molar-refractivity contribution >= 4 is 17.8 Å². The zero-order valence-corrected chi connectivity index (χ0v) is 7.03. The quantitative estimate of drug-likeness (QED) is 0.563. The van der Waals surface area contributed by atoms with Crippen LogP contribution in [0, 0.1) is 6.08 Å². The number of hydrogen-bond acceptors (Lipinski definition) is 1. The highest BCUT2D eigenvalue weighted by Gasteiger charge is 2.01. The fourth-order valence-corrected chi connectivity index (χ4v) is 2.04. The standard InChI is InChI=1S/C10H9S/c1-2-7-10-9(5-1)6-3-4-8-11-10/h1-2,5-7H,4,8H2. The Labute approximate surface area is 71.3 Å². The van der Waals surface area contributed by atoms with Gasteiger partial charge in [-0.05, 0) is 24.1 Å². The van der Waals surface area contributed by atoms with Gasteiger partial charge in [0.2, 0.25) is 0 Å². The summed E-state index contributed by atoms with van der Waals surface area (Å²) in [5.41, 5.74) is 1.31. The largest absolute Gasteiger partial charge is 0.125 e. The molecule has 1 aliphatic heterocycles. The molecule has 0 atom stereocenters.